The Morgan fingerprint density at radius 3 is 2.23 bits per heavy atom. The van der Waals surface area contributed by atoms with E-state index in [4.69, 9.17) is 9.47 Å². The first-order valence-corrected chi connectivity index (χ1v) is 8.49. The minimum absolute atomic E-state index is 0.00938. The SMILES string of the molecule is COc1cc2c(OC(C)=O)c(C)n(C(=O)c3ccc(OC(F)(F)F)cc3)c2cc1F. The minimum Gasteiger partial charge on any atom is -0.494 e. The van der Waals surface area contributed by atoms with Crippen molar-refractivity contribution in [2.75, 3.05) is 7.11 Å². The lowest BCUT2D eigenvalue weighted by molar-refractivity contribution is -0.274. The molecule has 6 nitrogen and oxygen atoms in total. The quantitative estimate of drug-likeness (QED) is 0.451. The molecule has 3 aromatic rings. The summed E-state index contributed by atoms with van der Waals surface area (Å²) in [5.74, 6) is -2.64. The number of benzene rings is 2. The summed E-state index contributed by atoms with van der Waals surface area (Å²) in [6.45, 7) is 2.66. The van der Waals surface area contributed by atoms with Crippen LogP contribution in [-0.4, -0.2) is 29.9 Å². The molecule has 0 unspecified atom stereocenters. The number of ether oxygens (including phenoxy) is 3. The maximum atomic E-state index is 14.3. The van der Waals surface area contributed by atoms with Crippen LogP contribution in [0.4, 0.5) is 17.6 Å². The zero-order chi connectivity index (χ0) is 22.2. The Hall–Kier alpha value is -3.56. The fraction of sp³-hybridized carbons (Fsp3) is 0.200. The predicted molar refractivity (Wildman–Crippen MR) is 97.3 cm³/mol. The number of esters is 1. The van der Waals surface area contributed by atoms with Gasteiger partial charge in [0.05, 0.1) is 18.3 Å². The maximum Gasteiger partial charge on any atom is 0.573 e. The van der Waals surface area contributed by atoms with Crippen molar-refractivity contribution in [3.05, 3.63) is 53.5 Å². The molecule has 30 heavy (non-hydrogen) atoms. The number of fused-ring (bicyclic) bond motifs is 1. The second-order valence-corrected chi connectivity index (χ2v) is 6.22. The van der Waals surface area contributed by atoms with Gasteiger partial charge in [0.2, 0.25) is 0 Å². The lowest BCUT2D eigenvalue weighted by Crippen LogP contribution is -2.17. The Balaban J connectivity index is 2.12. The third-order valence-electron chi connectivity index (χ3n) is 4.20. The van der Waals surface area contributed by atoms with Gasteiger partial charge in [-0.3, -0.25) is 14.2 Å². The monoisotopic (exact) mass is 425 g/mol. The number of methoxy groups -OCH3 is 1. The molecule has 2 aromatic carbocycles. The summed E-state index contributed by atoms with van der Waals surface area (Å²) >= 11 is 0. The first-order chi connectivity index (χ1) is 14.0. The number of carbonyl (C=O) groups excluding carboxylic acids is 2. The second kappa shape index (κ2) is 7.69. The molecule has 158 valence electrons. The molecule has 0 aliphatic carbocycles. The highest BCUT2D eigenvalue weighted by atomic mass is 19.4. The van der Waals surface area contributed by atoms with Gasteiger partial charge in [0, 0.05) is 23.9 Å². The summed E-state index contributed by atoms with van der Waals surface area (Å²) in [5.41, 5.74) is 0.311. The number of halogens is 4. The van der Waals surface area contributed by atoms with E-state index in [1.54, 1.807) is 0 Å². The van der Waals surface area contributed by atoms with Gasteiger partial charge < -0.3 is 14.2 Å². The van der Waals surface area contributed by atoms with Gasteiger partial charge in [-0.1, -0.05) is 0 Å². The molecule has 0 N–H and O–H groups in total. The van der Waals surface area contributed by atoms with Crippen LogP contribution >= 0.6 is 0 Å². The molecule has 0 saturated carbocycles. The third kappa shape index (κ3) is 4.07. The highest BCUT2D eigenvalue weighted by Gasteiger charge is 2.31. The molecule has 1 heterocycles. The van der Waals surface area contributed by atoms with E-state index in [0.717, 1.165) is 34.9 Å². The third-order valence-corrected chi connectivity index (χ3v) is 4.20. The summed E-state index contributed by atoms with van der Waals surface area (Å²) in [7, 11) is 1.26. The summed E-state index contributed by atoms with van der Waals surface area (Å²) in [6, 6.07) is 6.59. The van der Waals surface area contributed by atoms with E-state index >= 15 is 0 Å². The van der Waals surface area contributed by atoms with E-state index in [9.17, 15) is 27.2 Å². The van der Waals surface area contributed by atoms with Crippen LogP contribution in [-0.2, 0) is 4.79 Å². The Kier molecular flexibility index (Phi) is 5.43. The van der Waals surface area contributed by atoms with E-state index < -0.39 is 29.8 Å². The van der Waals surface area contributed by atoms with Gasteiger partial charge >= 0.3 is 12.3 Å². The van der Waals surface area contributed by atoms with Crippen molar-refractivity contribution in [2.45, 2.75) is 20.2 Å². The average molecular weight is 425 g/mol. The summed E-state index contributed by atoms with van der Waals surface area (Å²) in [5, 5.41) is 0.256. The van der Waals surface area contributed by atoms with Crippen LogP contribution in [0.5, 0.6) is 17.2 Å². The molecule has 0 saturated heterocycles. The molecule has 0 atom stereocenters. The maximum absolute atomic E-state index is 14.3. The summed E-state index contributed by atoms with van der Waals surface area (Å²) in [6.07, 6.45) is -4.87. The molecule has 0 amide bonds. The number of aromatic nitrogens is 1. The van der Waals surface area contributed by atoms with E-state index in [0.29, 0.717) is 0 Å². The normalized spacial score (nSPS) is 11.4. The van der Waals surface area contributed by atoms with Crippen LogP contribution in [0.2, 0.25) is 0 Å². The highest BCUT2D eigenvalue weighted by Crippen LogP contribution is 2.37. The van der Waals surface area contributed by atoms with Gasteiger partial charge in [-0.2, -0.15) is 0 Å². The topological polar surface area (TPSA) is 66.8 Å². The van der Waals surface area contributed by atoms with E-state index in [1.165, 1.54) is 27.0 Å². The number of hydrogen-bond donors (Lipinski definition) is 0. The molecule has 0 aliphatic rings. The van der Waals surface area contributed by atoms with Gasteiger partial charge in [0.25, 0.3) is 5.91 Å². The average Bonchev–Trinajstić information content (AvgIpc) is 2.90. The highest BCUT2D eigenvalue weighted by molar-refractivity contribution is 6.05. The molecule has 0 spiro atoms. The van der Waals surface area contributed by atoms with E-state index in [2.05, 4.69) is 4.74 Å². The fourth-order valence-electron chi connectivity index (χ4n) is 3.01. The van der Waals surface area contributed by atoms with Gasteiger partial charge in [-0.25, -0.2) is 4.39 Å². The second-order valence-electron chi connectivity index (χ2n) is 6.22. The lowest BCUT2D eigenvalue weighted by atomic mass is 10.2. The van der Waals surface area contributed by atoms with Crippen molar-refractivity contribution in [1.29, 1.82) is 0 Å². The molecule has 0 fully saturated rings. The Labute approximate surface area is 167 Å². The molecular weight excluding hydrogens is 410 g/mol. The zero-order valence-corrected chi connectivity index (χ0v) is 16.0. The van der Waals surface area contributed by atoms with Crippen LogP contribution in [0.15, 0.2) is 36.4 Å². The summed E-state index contributed by atoms with van der Waals surface area (Å²) < 4.78 is 66.3. The molecule has 0 radical (unpaired) electrons. The van der Waals surface area contributed by atoms with E-state index in [1.807, 2.05) is 0 Å². The number of carbonyl (C=O) groups is 2. The van der Waals surface area contributed by atoms with Gasteiger partial charge in [-0.05, 0) is 37.3 Å². The van der Waals surface area contributed by atoms with Crippen molar-refractivity contribution in [1.82, 2.24) is 4.57 Å². The number of rotatable bonds is 4. The molecule has 0 aliphatic heterocycles. The van der Waals surface area contributed by atoms with Crippen LogP contribution < -0.4 is 14.2 Å². The van der Waals surface area contributed by atoms with Crippen LogP contribution in [0.25, 0.3) is 10.9 Å². The Morgan fingerprint density at radius 1 is 1.07 bits per heavy atom. The standard InChI is InChI=1S/C20H15F4NO5/c1-10-18(29-11(2)26)14-8-17(28-3)15(21)9-16(14)25(10)19(27)12-4-6-13(7-5-12)30-20(22,23)24/h4-9H,1-3H3. The number of hydrogen-bond acceptors (Lipinski definition) is 5. The van der Waals surface area contributed by atoms with Crippen molar-refractivity contribution < 1.29 is 41.4 Å². The van der Waals surface area contributed by atoms with Crippen molar-refractivity contribution >= 4 is 22.8 Å². The molecule has 10 heteroatoms. The zero-order valence-electron chi connectivity index (χ0n) is 16.0. The molecule has 1 aromatic heterocycles. The molecular formula is C20H15F4NO5. The van der Waals surface area contributed by atoms with Crippen molar-refractivity contribution in [2.24, 2.45) is 0 Å². The van der Waals surface area contributed by atoms with E-state index in [-0.39, 0.29) is 33.7 Å². The van der Waals surface area contributed by atoms with Gasteiger partial charge in [-0.15, -0.1) is 13.2 Å². The molecule has 0 bridgehead atoms. The predicted octanol–water partition coefficient (Wildman–Crippen LogP) is 4.61. The Bertz CT molecular complexity index is 1130. The van der Waals surface area contributed by atoms with Crippen LogP contribution in [0, 0.1) is 12.7 Å². The first-order valence-electron chi connectivity index (χ1n) is 8.49. The molecule has 3 rings (SSSR count). The largest absolute Gasteiger partial charge is 0.573 e. The summed E-state index contributed by atoms with van der Waals surface area (Å²) in [4.78, 5) is 24.6. The number of alkyl halides is 3. The smallest absolute Gasteiger partial charge is 0.494 e. The van der Waals surface area contributed by atoms with Crippen LogP contribution in [0.3, 0.4) is 0 Å². The first kappa shape index (κ1) is 21.2. The van der Waals surface area contributed by atoms with Crippen molar-refractivity contribution in [3.8, 4) is 17.2 Å². The minimum atomic E-state index is -4.87. The van der Waals surface area contributed by atoms with Gasteiger partial charge in [0.15, 0.2) is 17.3 Å². The van der Waals surface area contributed by atoms with Gasteiger partial charge in [0.1, 0.15) is 5.75 Å². The fourth-order valence-corrected chi connectivity index (χ4v) is 3.01. The van der Waals surface area contributed by atoms with Crippen LogP contribution in [0.1, 0.15) is 23.0 Å². The number of nitrogens with zero attached hydrogens (tertiary/aromatic N) is 1. The lowest BCUT2D eigenvalue weighted by Gasteiger charge is -2.10. The Morgan fingerprint density at radius 2 is 1.70 bits per heavy atom. The van der Waals surface area contributed by atoms with Crippen molar-refractivity contribution in [3.63, 3.8) is 0 Å².